The van der Waals surface area contributed by atoms with Crippen molar-refractivity contribution in [2.45, 2.75) is 50.0 Å². The maximum absolute atomic E-state index is 5.96. The number of benzene rings is 1. The van der Waals surface area contributed by atoms with Crippen LogP contribution in [0.5, 0.6) is 5.75 Å². The average molecular weight is 231 g/mol. The zero-order valence-corrected chi connectivity index (χ0v) is 10.3. The van der Waals surface area contributed by atoms with Crippen LogP contribution in [-0.2, 0) is 5.41 Å². The molecule has 2 N–H and O–H groups in total. The topological polar surface area (TPSA) is 35.2 Å². The molecule has 2 aliphatic carbocycles. The van der Waals surface area contributed by atoms with Crippen molar-refractivity contribution >= 4 is 0 Å². The van der Waals surface area contributed by atoms with Gasteiger partial charge in [-0.15, -0.1) is 0 Å². The van der Waals surface area contributed by atoms with Crippen LogP contribution in [0.25, 0.3) is 0 Å². The molecule has 0 aliphatic heterocycles. The Morgan fingerprint density at radius 2 is 2.06 bits per heavy atom. The molecule has 0 radical (unpaired) electrons. The Kier molecular flexibility index (Phi) is 2.83. The molecular weight excluding hydrogens is 210 g/mol. The highest BCUT2D eigenvalue weighted by atomic mass is 16.5. The summed E-state index contributed by atoms with van der Waals surface area (Å²) in [5, 5.41) is 0. The molecule has 2 aliphatic rings. The van der Waals surface area contributed by atoms with Gasteiger partial charge >= 0.3 is 0 Å². The van der Waals surface area contributed by atoms with E-state index in [0.29, 0.717) is 6.10 Å². The molecule has 0 bridgehead atoms. The van der Waals surface area contributed by atoms with Gasteiger partial charge in [0.15, 0.2) is 0 Å². The van der Waals surface area contributed by atoms with E-state index in [-0.39, 0.29) is 5.41 Å². The van der Waals surface area contributed by atoms with Crippen LogP contribution in [0, 0.1) is 0 Å². The van der Waals surface area contributed by atoms with Gasteiger partial charge in [-0.25, -0.2) is 0 Å². The molecule has 0 spiro atoms. The van der Waals surface area contributed by atoms with Crippen LogP contribution >= 0.6 is 0 Å². The quantitative estimate of drug-likeness (QED) is 0.864. The number of hydrogen-bond acceptors (Lipinski definition) is 2. The van der Waals surface area contributed by atoms with Crippen molar-refractivity contribution in [3.05, 3.63) is 29.8 Å². The smallest absolute Gasteiger partial charge is 0.120 e. The number of rotatable bonds is 4. The fraction of sp³-hybridized carbons (Fsp3) is 0.600. The summed E-state index contributed by atoms with van der Waals surface area (Å²) in [5.41, 5.74) is 7.58. The SMILES string of the molecule is NCC1(c2cccc(OC3CCC3)c2)CCC1. The van der Waals surface area contributed by atoms with Gasteiger partial charge in [0, 0.05) is 12.0 Å². The molecule has 1 aromatic rings. The van der Waals surface area contributed by atoms with Gasteiger partial charge in [0.2, 0.25) is 0 Å². The van der Waals surface area contributed by atoms with E-state index in [1.165, 1.54) is 44.1 Å². The molecule has 3 rings (SSSR count). The van der Waals surface area contributed by atoms with E-state index in [0.717, 1.165) is 12.3 Å². The third-order valence-corrected chi connectivity index (χ3v) is 4.50. The summed E-state index contributed by atoms with van der Waals surface area (Å²) in [6.45, 7) is 0.764. The van der Waals surface area contributed by atoms with Crippen molar-refractivity contribution in [3.8, 4) is 5.75 Å². The van der Waals surface area contributed by atoms with E-state index >= 15 is 0 Å². The van der Waals surface area contributed by atoms with Crippen LogP contribution in [-0.4, -0.2) is 12.6 Å². The Balaban J connectivity index is 1.78. The van der Waals surface area contributed by atoms with Gasteiger partial charge < -0.3 is 10.5 Å². The molecule has 2 saturated carbocycles. The van der Waals surface area contributed by atoms with E-state index in [9.17, 15) is 0 Å². The van der Waals surface area contributed by atoms with E-state index in [4.69, 9.17) is 10.5 Å². The molecule has 0 unspecified atom stereocenters. The third kappa shape index (κ3) is 1.95. The van der Waals surface area contributed by atoms with Crippen molar-refractivity contribution in [2.24, 2.45) is 5.73 Å². The van der Waals surface area contributed by atoms with Gasteiger partial charge in [-0.2, -0.15) is 0 Å². The van der Waals surface area contributed by atoms with Crippen molar-refractivity contribution in [3.63, 3.8) is 0 Å². The van der Waals surface area contributed by atoms with E-state index in [1.54, 1.807) is 0 Å². The monoisotopic (exact) mass is 231 g/mol. The fourth-order valence-corrected chi connectivity index (χ4v) is 2.79. The Hall–Kier alpha value is -1.02. The Morgan fingerprint density at radius 3 is 2.59 bits per heavy atom. The van der Waals surface area contributed by atoms with Crippen LogP contribution in [0.15, 0.2) is 24.3 Å². The summed E-state index contributed by atoms with van der Waals surface area (Å²) < 4.78 is 5.96. The lowest BCUT2D eigenvalue weighted by Gasteiger charge is -2.41. The minimum atomic E-state index is 0.249. The first-order valence-corrected chi connectivity index (χ1v) is 6.80. The van der Waals surface area contributed by atoms with Crippen LogP contribution in [0.4, 0.5) is 0 Å². The molecule has 1 aromatic carbocycles. The predicted molar refractivity (Wildman–Crippen MR) is 69.3 cm³/mol. The van der Waals surface area contributed by atoms with E-state index in [2.05, 4.69) is 24.3 Å². The molecule has 2 nitrogen and oxygen atoms in total. The van der Waals surface area contributed by atoms with Gasteiger partial charge in [-0.05, 0) is 49.8 Å². The predicted octanol–water partition coefficient (Wildman–Crippen LogP) is 3.00. The second kappa shape index (κ2) is 4.34. The van der Waals surface area contributed by atoms with Crippen molar-refractivity contribution in [1.29, 1.82) is 0 Å². The summed E-state index contributed by atoms with van der Waals surface area (Å²) >= 11 is 0. The highest BCUT2D eigenvalue weighted by Gasteiger charge is 2.37. The minimum Gasteiger partial charge on any atom is -0.490 e. The van der Waals surface area contributed by atoms with E-state index in [1.807, 2.05) is 0 Å². The molecule has 17 heavy (non-hydrogen) atoms. The summed E-state index contributed by atoms with van der Waals surface area (Å²) in [7, 11) is 0. The highest BCUT2D eigenvalue weighted by molar-refractivity contribution is 5.36. The Labute approximate surface area is 103 Å². The zero-order valence-electron chi connectivity index (χ0n) is 10.3. The van der Waals surface area contributed by atoms with Crippen LogP contribution < -0.4 is 10.5 Å². The van der Waals surface area contributed by atoms with Gasteiger partial charge in [-0.1, -0.05) is 18.6 Å². The normalized spacial score (nSPS) is 22.6. The lowest BCUT2D eigenvalue weighted by molar-refractivity contribution is 0.120. The van der Waals surface area contributed by atoms with Crippen molar-refractivity contribution in [2.75, 3.05) is 6.54 Å². The largest absolute Gasteiger partial charge is 0.490 e. The lowest BCUT2D eigenvalue weighted by Crippen LogP contribution is -2.41. The van der Waals surface area contributed by atoms with Gasteiger partial charge in [0.1, 0.15) is 5.75 Å². The molecule has 0 saturated heterocycles. The summed E-state index contributed by atoms with van der Waals surface area (Å²) in [6, 6.07) is 8.60. The highest BCUT2D eigenvalue weighted by Crippen LogP contribution is 2.43. The van der Waals surface area contributed by atoms with Crippen LogP contribution in [0.2, 0.25) is 0 Å². The number of hydrogen-bond donors (Lipinski definition) is 1. The second-order valence-corrected chi connectivity index (χ2v) is 5.54. The molecule has 0 atom stereocenters. The molecule has 0 aromatic heterocycles. The second-order valence-electron chi connectivity index (χ2n) is 5.54. The van der Waals surface area contributed by atoms with Crippen LogP contribution in [0.3, 0.4) is 0 Å². The van der Waals surface area contributed by atoms with E-state index < -0.39 is 0 Å². The molecule has 2 heteroatoms. The maximum atomic E-state index is 5.96. The van der Waals surface area contributed by atoms with Gasteiger partial charge in [0.25, 0.3) is 0 Å². The molecule has 92 valence electrons. The summed E-state index contributed by atoms with van der Waals surface area (Å²) in [5.74, 6) is 1.03. The maximum Gasteiger partial charge on any atom is 0.120 e. The number of nitrogens with two attached hydrogens (primary N) is 1. The first kappa shape index (κ1) is 11.1. The Bertz CT molecular complexity index is 388. The molecular formula is C15H21NO. The third-order valence-electron chi connectivity index (χ3n) is 4.50. The van der Waals surface area contributed by atoms with Gasteiger partial charge in [0.05, 0.1) is 6.10 Å². The molecule has 2 fully saturated rings. The Morgan fingerprint density at radius 1 is 1.24 bits per heavy atom. The zero-order chi connectivity index (χ0) is 11.7. The summed E-state index contributed by atoms with van der Waals surface area (Å²) in [4.78, 5) is 0. The van der Waals surface area contributed by atoms with Crippen molar-refractivity contribution in [1.82, 2.24) is 0 Å². The van der Waals surface area contributed by atoms with Crippen molar-refractivity contribution < 1.29 is 4.74 Å². The first-order chi connectivity index (χ1) is 8.32. The lowest BCUT2D eigenvalue weighted by atomic mass is 9.64. The minimum absolute atomic E-state index is 0.249. The molecule has 0 amide bonds. The number of ether oxygens (including phenoxy) is 1. The first-order valence-electron chi connectivity index (χ1n) is 6.80. The fourth-order valence-electron chi connectivity index (χ4n) is 2.79. The average Bonchev–Trinajstić information content (AvgIpc) is 2.24. The van der Waals surface area contributed by atoms with Gasteiger partial charge in [-0.3, -0.25) is 0 Å². The standard InChI is InChI=1S/C15H21NO/c16-11-15(8-3-9-15)12-4-1-7-14(10-12)17-13-5-2-6-13/h1,4,7,10,13H,2-3,5-6,8-9,11,16H2. The molecule has 0 heterocycles. The van der Waals surface area contributed by atoms with Crippen LogP contribution in [0.1, 0.15) is 44.1 Å². The summed E-state index contributed by atoms with van der Waals surface area (Å²) in [6.07, 6.45) is 7.98.